The van der Waals surface area contributed by atoms with E-state index in [1.165, 1.54) is 6.07 Å². The van der Waals surface area contributed by atoms with Crippen LogP contribution in [0.1, 0.15) is 18.4 Å². The summed E-state index contributed by atoms with van der Waals surface area (Å²) in [6.45, 7) is 0.933. The average molecular weight is 335 g/mol. The van der Waals surface area contributed by atoms with E-state index in [2.05, 4.69) is 5.32 Å². The van der Waals surface area contributed by atoms with E-state index in [1.54, 1.807) is 23.3 Å². The molecule has 122 valence electrons. The fraction of sp³-hybridized carbons (Fsp3) is 0.333. The van der Waals surface area contributed by atoms with Gasteiger partial charge in [-0.15, -0.1) is 0 Å². The highest BCUT2D eigenvalue weighted by Crippen LogP contribution is 2.38. The molecule has 1 atom stereocenters. The third-order valence-corrected chi connectivity index (χ3v) is 4.22. The number of anilines is 2. The van der Waals surface area contributed by atoms with Crippen molar-refractivity contribution in [1.82, 2.24) is 5.32 Å². The average Bonchev–Trinajstić information content (AvgIpc) is 2.54. The summed E-state index contributed by atoms with van der Waals surface area (Å²) in [6.07, 6.45) is 2.69. The fourth-order valence-electron chi connectivity index (χ4n) is 2.87. The molecule has 3 nitrogen and oxygen atoms in total. The Kier molecular flexibility index (Phi) is 5.16. The van der Waals surface area contributed by atoms with Crippen LogP contribution in [0.25, 0.3) is 0 Å². The van der Waals surface area contributed by atoms with Gasteiger partial charge in [0.2, 0.25) is 0 Å². The number of para-hydroxylation sites is 1. The normalized spacial score (nSPS) is 17.2. The predicted molar refractivity (Wildman–Crippen MR) is 91.7 cm³/mol. The van der Waals surface area contributed by atoms with Crippen molar-refractivity contribution in [2.75, 3.05) is 18.7 Å². The second-order valence-electron chi connectivity index (χ2n) is 5.70. The van der Waals surface area contributed by atoms with Gasteiger partial charge < -0.3 is 5.32 Å². The number of benzene rings is 2. The van der Waals surface area contributed by atoms with Gasteiger partial charge in [0.05, 0.1) is 11.8 Å². The highest BCUT2D eigenvalue weighted by molar-refractivity contribution is 6.30. The summed E-state index contributed by atoms with van der Waals surface area (Å²) in [7, 11) is 1.93. The van der Waals surface area contributed by atoms with Gasteiger partial charge in [-0.25, -0.2) is 9.45 Å². The van der Waals surface area contributed by atoms with Crippen LogP contribution >= 0.6 is 11.6 Å². The van der Waals surface area contributed by atoms with Gasteiger partial charge >= 0.3 is 0 Å². The lowest BCUT2D eigenvalue weighted by molar-refractivity contribution is 0.0359. The van der Waals surface area contributed by atoms with E-state index in [0.717, 1.165) is 37.1 Å². The molecule has 1 aliphatic rings. The van der Waals surface area contributed by atoms with Gasteiger partial charge in [-0.05, 0) is 62.3 Å². The third-order valence-electron chi connectivity index (χ3n) is 3.99. The molecular weight excluding hydrogens is 315 g/mol. The van der Waals surface area contributed by atoms with Crippen molar-refractivity contribution in [3.63, 3.8) is 0 Å². The van der Waals surface area contributed by atoms with E-state index in [0.29, 0.717) is 10.7 Å². The van der Waals surface area contributed by atoms with E-state index >= 15 is 0 Å². The zero-order valence-corrected chi connectivity index (χ0v) is 13.8. The Morgan fingerprint density at radius 2 is 2.09 bits per heavy atom. The number of halogens is 2. The summed E-state index contributed by atoms with van der Waals surface area (Å²) in [6, 6.07) is 12.3. The van der Waals surface area contributed by atoms with Gasteiger partial charge in [-0.1, -0.05) is 23.7 Å². The molecule has 1 aliphatic heterocycles. The minimum absolute atomic E-state index is 0.00826. The second kappa shape index (κ2) is 7.30. The topological polar surface area (TPSA) is 24.5 Å². The molecule has 0 saturated heterocycles. The second-order valence-corrected chi connectivity index (χ2v) is 6.13. The SMILES string of the molecule is CNCCCC1Cc2cc(Cl)ccc2N(c2ccccc2F)O1. The van der Waals surface area contributed by atoms with E-state index in [4.69, 9.17) is 16.4 Å². The van der Waals surface area contributed by atoms with Crippen LogP contribution in [0.5, 0.6) is 0 Å². The van der Waals surface area contributed by atoms with E-state index in [1.807, 2.05) is 25.2 Å². The molecular formula is C18H20ClFN2O. The first-order chi connectivity index (χ1) is 11.2. The maximum absolute atomic E-state index is 14.2. The van der Waals surface area contributed by atoms with E-state index in [-0.39, 0.29) is 11.9 Å². The summed E-state index contributed by atoms with van der Waals surface area (Å²) >= 11 is 6.13. The predicted octanol–water partition coefficient (Wildman–Crippen LogP) is 4.47. The van der Waals surface area contributed by atoms with Crippen LogP contribution in [0, 0.1) is 5.82 Å². The van der Waals surface area contributed by atoms with Crippen LogP contribution in [0.15, 0.2) is 42.5 Å². The number of fused-ring (bicyclic) bond motifs is 1. The van der Waals surface area contributed by atoms with Crippen molar-refractivity contribution in [3.05, 3.63) is 58.9 Å². The van der Waals surface area contributed by atoms with Crippen molar-refractivity contribution in [2.24, 2.45) is 0 Å². The summed E-state index contributed by atoms with van der Waals surface area (Å²) in [5.74, 6) is -0.302. The van der Waals surface area contributed by atoms with E-state index < -0.39 is 0 Å². The highest BCUT2D eigenvalue weighted by atomic mass is 35.5. The Hall–Kier alpha value is -1.62. The Morgan fingerprint density at radius 1 is 1.26 bits per heavy atom. The molecule has 0 saturated carbocycles. The maximum atomic E-state index is 14.2. The molecule has 23 heavy (non-hydrogen) atoms. The standard InChI is InChI=1S/C18H20ClFN2O/c1-21-10-4-5-15-12-13-11-14(19)8-9-17(13)22(23-15)18-7-3-2-6-16(18)20/h2-3,6-9,11,15,21H,4-5,10,12H2,1H3. The maximum Gasteiger partial charge on any atom is 0.149 e. The molecule has 1 unspecified atom stereocenters. The van der Waals surface area contributed by atoms with Crippen LogP contribution in [0.2, 0.25) is 5.02 Å². The third kappa shape index (κ3) is 3.66. The van der Waals surface area contributed by atoms with E-state index in [9.17, 15) is 4.39 Å². The first-order valence-electron chi connectivity index (χ1n) is 7.83. The van der Waals surface area contributed by atoms with Crippen molar-refractivity contribution in [1.29, 1.82) is 0 Å². The summed E-state index contributed by atoms with van der Waals surface area (Å²) in [4.78, 5) is 6.09. The monoisotopic (exact) mass is 334 g/mol. The zero-order valence-electron chi connectivity index (χ0n) is 13.1. The first kappa shape index (κ1) is 16.2. The van der Waals surface area contributed by atoms with Gasteiger partial charge in [-0.3, -0.25) is 4.84 Å². The smallest absolute Gasteiger partial charge is 0.149 e. The lowest BCUT2D eigenvalue weighted by Crippen LogP contribution is -2.34. The Bertz CT molecular complexity index is 680. The van der Waals surface area contributed by atoms with Crippen LogP contribution in [0.3, 0.4) is 0 Å². The minimum atomic E-state index is -0.302. The molecule has 1 heterocycles. The Morgan fingerprint density at radius 3 is 2.87 bits per heavy atom. The van der Waals surface area contributed by atoms with Crippen LogP contribution < -0.4 is 10.4 Å². The molecule has 5 heteroatoms. The fourth-order valence-corrected chi connectivity index (χ4v) is 3.06. The van der Waals surface area contributed by atoms with Crippen LogP contribution in [-0.2, 0) is 11.3 Å². The van der Waals surface area contributed by atoms with Gasteiger partial charge in [0.1, 0.15) is 11.5 Å². The Balaban J connectivity index is 1.92. The molecule has 3 rings (SSSR count). The number of nitrogens with zero attached hydrogens (tertiary/aromatic N) is 1. The van der Waals surface area contributed by atoms with Crippen molar-refractivity contribution < 1.29 is 9.23 Å². The van der Waals surface area contributed by atoms with Gasteiger partial charge in [0.15, 0.2) is 0 Å². The number of nitrogens with one attached hydrogen (secondary N) is 1. The van der Waals surface area contributed by atoms with Gasteiger partial charge in [0, 0.05) is 11.4 Å². The lowest BCUT2D eigenvalue weighted by atomic mass is 10.0. The number of hydrogen-bond acceptors (Lipinski definition) is 3. The lowest BCUT2D eigenvalue weighted by Gasteiger charge is -2.35. The molecule has 0 spiro atoms. The molecule has 2 aromatic rings. The molecule has 0 radical (unpaired) electrons. The van der Waals surface area contributed by atoms with Crippen LogP contribution in [-0.4, -0.2) is 19.7 Å². The quantitative estimate of drug-likeness (QED) is 0.816. The summed E-state index contributed by atoms with van der Waals surface area (Å²) in [5, 5.41) is 5.43. The summed E-state index contributed by atoms with van der Waals surface area (Å²) < 4.78 is 14.2. The van der Waals surface area contributed by atoms with Crippen molar-refractivity contribution in [2.45, 2.75) is 25.4 Å². The molecule has 0 aromatic heterocycles. The highest BCUT2D eigenvalue weighted by Gasteiger charge is 2.28. The first-order valence-corrected chi connectivity index (χ1v) is 8.21. The molecule has 0 amide bonds. The Labute approximate surface area is 141 Å². The molecule has 2 aromatic carbocycles. The largest absolute Gasteiger partial charge is 0.320 e. The number of rotatable bonds is 5. The van der Waals surface area contributed by atoms with Crippen LogP contribution in [0.4, 0.5) is 15.8 Å². The van der Waals surface area contributed by atoms with Gasteiger partial charge in [-0.2, -0.15) is 0 Å². The molecule has 0 aliphatic carbocycles. The minimum Gasteiger partial charge on any atom is -0.320 e. The van der Waals surface area contributed by atoms with Crippen molar-refractivity contribution >= 4 is 23.0 Å². The molecule has 0 fully saturated rings. The summed E-state index contributed by atoms with van der Waals surface area (Å²) in [5.41, 5.74) is 2.36. The molecule has 0 bridgehead atoms. The zero-order chi connectivity index (χ0) is 16.2. The molecule has 1 N–H and O–H groups in total. The van der Waals surface area contributed by atoms with Crippen molar-refractivity contribution in [3.8, 4) is 0 Å². The number of hydrogen-bond donors (Lipinski definition) is 1. The van der Waals surface area contributed by atoms with Gasteiger partial charge in [0.25, 0.3) is 0 Å².